The molecule has 0 saturated heterocycles. The number of benzene rings is 2. The van der Waals surface area contributed by atoms with Crippen molar-refractivity contribution in [3.05, 3.63) is 82.9 Å². The van der Waals surface area contributed by atoms with Gasteiger partial charge >= 0.3 is 28.4 Å². The van der Waals surface area contributed by atoms with E-state index in [0.29, 0.717) is 0 Å². The maximum atomic E-state index is 3.34. The van der Waals surface area contributed by atoms with E-state index in [1.165, 1.54) is 68.0 Å². The number of hydrogen-bond acceptors (Lipinski definition) is 0. The monoisotopic (exact) mass is 516 g/mol. The van der Waals surface area contributed by atoms with Gasteiger partial charge in [-0.15, -0.1) is 69.1 Å². The first-order chi connectivity index (χ1) is 13.7. The Balaban J connectivity index is 0.000000488. The minimum Gasteiger partial charge on any atom is -1.00 e. The molecule has 0 fully saturated rings. The number of hydrogen-bond donors (Lipinski definition) is 0. The largest absolute Gasteiger partial charge is 1.00 e. The molecule has 0 unspecified atom stereocenters. The normalized spacial score (nSPS) is 9.67. The molecule has 160 valence electrons. The van der Waals surface area contributed by atoms with Crippen molar-refractivity contribution in [1.29, 1.82) is 0 Å². The van der Waals surface area contributed by atoms with E-state index in [1.54, 1.807) is 0 Å². The van der Waals surface area contributed by atoms with Gasteiger partial charge in [-0.3, -0.25) is 0 Å². The van der Waals surface area contributed by atoms with Crippen molar-refractivity contribution in [3.63, 3.8) is 0 Å². The molecule has 0 nitrogen and oxygen atoms in total. The van der Waals surface area contributed by atoms with Crippen LogP contribution in [0, 0.1) is 0 Å². The van der Waals surface area contributed by atoms with Gasteiger partial charge < -0.3 is 24.8 Å². The van der Waals surface area contributed by atoms with Gasteiger partial charge in [0.2, 0.25) is 0 Å². The van der Waals surface area contributed by atoms with Crippen LogP contribution in [0.3, 0.4) is 0 Å². The molecule has 0 N–H and O–H groups in total. The molecule has 0 radical (unpaired) electrons. The van der Waals surface area contributed by atoms with Crippen molar-refractivity contribution in [1.82, 2.24) is 0 Å². The summed E-state index contributed by atoms with van der Waals surface area (Å²) in [6.45, 7) is 8.85. The van der Waals surface area contributed by atoms with Gasteiger partial charge in [0.1, 0.15) is 0 Å². The Morgan fingerprint density at radius 1 is 0.633 bits per heavy atom. The first-order valence-corrected chi connectivity index (χ1v) is 12.1. The van der Waals surface area contributed by atoms with Crippen LogP contribution in [0.25, 0.3) is 21.5 Å². The van der Waals surface area contributed by atoms with Crippen LogP contribution >= 0.6 is 0 Å². The second-order valence-electron chi connectivity index (χ2n) is 6.98. The minimum atomic E-state index is 0. The molecule has 4 rings (SSSR count). The summed E-state index contributed by atoms with van der Waals surface area (Å²) in [6.07, 6.45) is 4.53. The van der Waals surface area contributed by atoms with Crippen LogP contribution in [0.15, 0.2) is 60.7 Å². The van der Waals surface area contributed by atoms with E-state index in [4.69, 9.17) is 0 Å². The fraction of sp³-hybridized carbons (Fsp3) is 0.296. The number of fused-ring (bicyclic) bond motifs is 2. The standard InChI is InChI=1S/2C13H15.CH2.2ClH.Zr/c2*1-3-10-8-12-7-5-6-11(4-2)13(12)9-10;;;;/h2*5-9H,3-4H2,1-2H3;1H2;2*1H;/q2*-1;;;;+2/p-2. The van der Waals surface area contributed by atoms with Crippen molar-refractivity contribution < 1.29 is 49.0 Å². The molecule has 0 aliphatic heterocycles. The number of halogens is 2. The van der Waals surface area contributed by atoms with Crippen LogP contribution < -0.4 is 24.8 Å². The van der Waals surface area contributed by atoms with Gasteiger partial charge in [-0.05, 0) is 25.7 Å². The quantitative estimate of drug-likeness (QED) is 0.358. The molecule has 0 atom stereocenters. The Morgan fingerprint density at radius 2 is 1.00 bits per heavy atom. The predicted molar refractivity (Wildman–Crippen MR) is 124 cm³/mol. The molecule has 0 aliphatic carbocycles. The van der Waals surface area contributed by atoms with Gasteiger partial charge in [0.05, 0.1) is 0 Å². The summed E-state index contributed by atoms with van der Waals surface area (Å²) in [4.78, 5) is 0. The smallest absolute Gasteiger partial charge is 1.00 e. The summed E-state index contributed by atoms with van der Waals surface area (Å²) in [6, 6.07) is 22.4. The van der Waals surface area contributed by atoms with Gasteiger partial charge in [-0.2, -0.15) is 12.1 Å². The van der Waals surface area contributed by atoms with E-state index < -0.39 is 0 Å². The van der Waals surface area contributed by atoms with Crippen LogP contribution in [-0.4, -0.2) is 4.21 Å². The SMILES string of the molecule is CCc1cc2c(CC)cccc2[cH-]1.CCc1cc2c(CC)cccc2[cH-]1.[CH2]=[Zr+2].[Cl-].[Cl-]. The molecule has 4 aromatic rings. The van der Waals surface area contributed by atoms with E-state index in [1.807, 2.05) is 0 Å². The van der Waals surface area contributed by atoms with E-state index in [0.717, 1.165) is 25.7 Å². The van der Waals surface area contributed by atoms with Crippen molar-refractivity contribution in [2.24, 2.45) is 0 Å². The maximum absolute atomic E-state index is 3.34. The van der Waals surface area contributed by atoms with Crippen LogP contribution in [-0.2, 0) is 49.9 Å². The van der Waals surface area contributed by atoms with Gasteiger partial charge in [0.15, 0.2) is 0 Å². The zero-order valence-corrected chi connectivity index (χ0v) is 22.5. The Hall–Kier alpha value is -1.01. The summed E-state index contributed by atoms with van der Waals surface area (Å²) in [5, 5.41) is 5.69. The average Bonchev–Trinajstić information content (AvgIpc) is 3.38. The third kappa shape index (κ3) is 7.01. The Kier molecular flexibility index (Phi) is 14.4. The van der Waals surface area contributed by atoms with Crippen LogP contribution in [0.5, 0.6) is 0 Å². The molecule has 0 bridgehead atoms. The molecule has 0 aromatic heterocycles. The van der Waals surface area contributed by atoms with E-state index in [2.05, 4.69) is 92.6 Å². The molecule has 0 saturated carbocycles. The molecule has 0 heterocycles. The van der Waals surface area contributed by atoms with Crippen molar-refractivity contribution in [2.75, 3.05) is 0 Å². The molecular formula is C27H32Cl2Zr-2. The maximum Gasteiger partial charge on any atom is -1.00 e. The van der Waals surface area contributed by atoms with Gasteiger partial charge in [-0.1, -0.05) is 51.0 Å². The second kappa shape index (κ2) is 14.9. The Bertz CT molecular complexity index is 928. The molecule has 30 heavy (non-hydrogen) atoms. The third-order valence-corrected chi connectivity index (χ3v) is 5.38. The number of aryl methyl sites for hydroxylation is 4. The summed E-state index contributed by atoms with van der Waals surface area (Å²) in [7, 11) is 0. The van der Waals surface area contributed by atoms with Gasteiger partial charge in [-0.25, -0.2) is 0 Å². The van der Waals surface area contributed by atoms with Crippen molar-refractivity contribution >= 4 is 25.8 Å². The van der Waals surface area contributed by atoms with Gasteiger partial charge in [0, 0.05) is 0 Å². The zero-order valence-electron chi connectivity index (χ0n) is 18.6. The molecule has 3 heteroatoms. The van der Waals surface area contributed by atoms with Crippen molar-refractivity contribution in [3.8, 4) is 0 Å². The summed E-state index contributed by atoms with van der Waals surface area (Å²) in [5.74, 6) is 0. The minimum absolute atomic E-state index is 0. The predicted octanol–water partition coefficient (Wildman–Crippen LogP) is 1.34. The molecule has 0 amide bonds. The second-order valence-corrected chi connectivity index (χ2v) is 6.98. The van der Waals surface area contributed by atoms with Crippen LogP contribution in [0.4, 0.5) is 0 Å². The summed E-state index contributed by atoms with van der Waals surface area (Å²) < 4.78 is 3.34. The van der Waals surface area contributed by atoms with Crippen molar-refractivity contribution in [2.45, 2.75) is 53.4 Å². The first-order valence-electron chi connectivity index (χ1n) is 10.4. The third-order valence-electron chi connectivity index (χ3n) is 5.38. The van der Waals surface area contributed by atoms with Crippen LogP contribution in [0.1, 0.15) is 49.9 Å². The molecular weight excluding hydrogens is 486 g/mol. The first kappa shape index (κ1) is 29.0. The molecule has 0 aliphatic rings. The number of rotatable bonds is 4. The molecule has 0 spiro atoms. The Labute approximate surface area is 209 Å². The zero-order chi connectivity index (χ0) is 20.5. The van der Waals surface area contributed by atoms with E-state index in [9.17, 15) is 0 Å². The van der Waals surface area contributed by atoms with Gasteiger partial charge in [0.25, 0.3) is 0 Å². The Morgan fingerprint density at radius 3 is 1.30 bits per heavy atom. The fourth-order valence-corrected chi connectivity index (χ4v) is 3.75. The van der Waals surface area contributed by atoms with E-state index >= 15 is 0 Å². The van der Waals surface area contributed by atoms with E-state index in [-0.39, 0.29) is 24.8 Å². The summed E-state index contributed by atoms with van der Waals surface area (Å²) >= 11 is 1.30. The fourth-order valence-electron chi connectivity index (χ4n) is 3.75. The topological polar surface area (TPSA) is 0 Å². The molecule has 4 aromatic carbocycles. The average molecular weight is 519 g/mol. The summed E-state index contributed by atoms with van der Waals surface area (Å²) in [5.41, 5.74) is 5.85. The van der Waals surface area contributed by atoms with Crippen LogP contribution in [0.2, 0.25) is 0 Å².